The zero-order chi connectivity index (χ0) is 15.6. The zero-order valence-electron chi connectivity index (χ0n) is 12.1. The van der Waals surface area contributed by atoms with Gasteiger partial charge in [0.1, 0.15) is 0 Å². The zero-order valence-corrected chi connectivity index (χ0v) is 13.6. The normalized spacial score (nSPS) is 23.1. The van der Waals surface area contributed by atoms with Gasteiger partial charge in [0.05, 0.1) is 15.8 Å². The van der Waals surface area contributed by atoms with Crippen molar-refractivity contribution in [2.45, 2.75) is 32.7 Å². The molecule has 116 valence electrons. The van der Waals surface area contributed by atoms with Crippen molar-refractivity contribution >= 4 is 34.9 Å². The van der Waals surface area contributed by atoms with Gasteiger partial charge in [0, 0.05) is 18.0 Å². The Kier molecular flexibility index (Phi) is 4.78. The minimum Gasteiger partial charge on any atom is -0.481 e. The van der Waals surface area contributed by atoms with Crippen molar-refractivity contribution in [3.05, 3.63) is 21.3 Å². The van der Waals surface area contributed by atoms with Crippen LogP contribution in [0.15, 0.2) is 12.1 Å². The molecule has 5 nitrogen and oxygen atoms in total. The molecule has 0 radical (unpaired) electrons. The predicted octanol–water partition coefficient (Wildman–Crippen LogP) is 3.36. The van der Waals surface area contributed by atoms with Crippen LogP contribution in [-0.2, 0) is 4.79 Å². The molecule has 1 saturated heterocycles. The second-order valence-corrected chi connectivity index (χ2v) is 7.34. The maximum absolute atomic E-state index is 12.3. The Hall–Kier alpha value is -1.27. The number of carbonyl (C=O) groups excluding carboxylic acids is 1. The highest BCUT2D eigenvalue weighted by Gasteiger charge is 2.42. The largest absolute Gasteiger partial charge is 0.481 e. The van der Waals surface area contributed by atoms with Gasteiger partial charge in [0.2, 0.25) is 0 Å². The number of rotatable bonds is 4. The molecule has 0 saturated carbocycles. The quantitative estimate of drug-likeness (QED) is 0.889. The number of halogens is 1. The first-order valence-electron chi connectivity index (χ1n) is 6.90. The molecule has 1 fully saturated rings. The van der Waals surface area contributed by atoms with Crippen molar-refractivity contribution in [1.29, 1.82) is 0 Å². The summed E-state index contributed by atoms with van der Waals surface area (Å²) < 4.78 is 0.692. The van der Waals surface area contributed by atoms with Gasteiger partial charge in [-0.15, -0.1) is 11.3 Å². The predicted molar refractivity (Wildman–Crippen MR) is 82.8 cm³/mol. The summed E-state index contributed by atoms with van der Waals surface area (Å²) in [7, 11) is 0. The molecular formula is C14H19ClN2O3S. The Morgan fingerprint density at radius 1 is 1.57 bits per heavy atom. The maximum atomic E-state index is 12.3. The van der Waals surface area contributed by atoms with Crippen molar-refractivity contribution in [2.75, 3.05) is 13.1 Å². The molecule has 2 rings (SSSR count). The summed E-state index contributed by atoms with van der Waals surface area (Å²) in [6, 6.07) is 3.42. The van der Waals surface area contributed by atoms with E-state index in [0.29, 0.717) is 17.3 Å². The second-order valence-electron chi connectivity index (χ2n) is 5.59. The lowest BCUT2D eigenvalue weighted by Gasteiger charge is -2.23. The summed E-state index contributed by atoms with van der Waals surface area (Å²) in [5.41, 5.74) is -0.842. The number of aliphatic carboxylic acids is 1. The van der Waals surface area contributed by atoms with Crippen LogP contribution in [0, 0.1) is 5.41 Å². The molecule has 21 heavy (non-hydrogen) atoms. The molecule has 7 heteroatoms. The summed E-state index contributed by atoms with van der Waals surface area (Å²) in [5, 5.41) is 12.2. The Morgan fingerprint density at radius 3 is 2.76 bits per heavy atom. The molecule has 2 N–H and O–H groups in total. The first-order chi connectivity index (χ1) is 9.85. The topological polar surface area (TPSA) is 69.6 Å². The lowest BCUT2D eigenvalue weighted by Crippen LogP contribution is -2.42. The van der Waals surface area contributed by atoms with Gasteiger partial charge < -0.3 is 15.3 Å². The minimum atomic E-state index is -0.852. The van der Waals surface area contributed by atoms with E-state index in [1.807, 2.05) is 19.1 Å². The van der Waals surface area contributed by atoms with Gasteiger partial charge in [-0.05, 0) is 31.9 Å². The third kappa shape index (κ3) is 3.49. The van der Waals surface area contributed by atoms with Crippen LogP contribution >= 0.6 is 22.9 Å². The number of hydrogen-bond acceptors (Lipinski definition) is 3. The summed E-state index contributed by atoms with van der Waals surface area (Å²) in [6.07, 6.45) is 1.24. The van der Waals surface area contributed by atoms with E-state index >= 15 is 0 Å². The van der Waals surface area contributed by atoms with Crippen molar-refractivity contribution in [1.82, 2.24) is 10.2 Å². The Morgan fingerprint density at radius 2 is 2.29 bits per heavy atom. The summed E-state index contributed by atoms with van der Waals surface area (Å²) in [6.45, 7) is 4.38. The fourth-order valence-electron chi connectivity index (χ4n) is 2.44. The number of hydrogen-bond donors (Lipinski definition) is 2. The Balaban J connectivity index is 2.00. The van der Waals surface area contributed by atoms with Crippen molar-refractivity contribution in [2.24, 2.45) is 5.41 Å². The number of carbonyl (C=O) groups is 2. The average Bonchev–Trinajstić information content (AvgIpc) is 3.03. The van der Waals surface area contributed by atoms with E-state index in [1.54, 1.807) is 11.8 Å². The number of thiophene rings is 1. The smallest absolute Gasteiger partial charge is 0.317 e. The van der Waals surface area contributed by atoms with Gasteiger partial charge in [0.15, 0.2) is 0 Å². The maximum Gasteiger partial charge on any atom is 0.317 e. The third-order valence-corrected chi connectivity index (χ3v) is 5.27. The van der Waals surface area contributed by atoms with Crippen LogP contribution in [0.2, 0.25) is 4.34 Å². The number of nitrogens with one attached hydrogen (secondary N) is 1. The van der Waals surface area contributed by atoms with Gasteiger partial charge in [-0.2, -0.15) is 0 Å². The second kappa shape index (κ2) is 6.23. The molecule has 2 heterocycles. The fourth-order valence-corrected chi connectivity index (χ4v) is 3.63. The number of urea groups is 1. The molecule has 1 aromatic rings. The van der Waals surface area contributed by atoms with Crippen LogP contribution in [0.25, 0.3) is 0 Å². The van der Waals surface area contributed by atoms with Crippen LogP contribution in [0.3, 0.4) is 0 Å². The van der Waals surface area contributed by atoms with E-state index in [1.165, 1.54) is 11.3 Å². The van der Waals surface area contributed by atoms with Crippen molar-refractivity contribution in [3.8, 4) is 0 Å². The van der Waals surface area contributed by atoms with Crippen LogP contribution in [0.5, 0.6) is 0 Å². The lowest BCUT2D eigenvalue weighted by molar-refractivity contribution is -0.146. The number of likely N-dealkylation sites (tertiary alicyclic amines) is 1. The highest BCUT2D eigenvalue weighted by atomic mass is 35.5. The standard InChI is InChI=1S/C14H19ClN2O3S/c1-3-9(10-4-5-11(15)21-10)16-13(20)17-7-6-14(2,8-17)12(18)19/h4-5,9H,3,6-8H2,1-2H3,(H,16,20)(H,18,19). The first kappa shape index (κ1) is 16.1. The van der Waals surface area contributed by atoms with Crippen LogP contribution < -0.4 is 5.32 Å². The highest BCUT2D eigenvalue weighted by molar-refractivity contribution is 7.16. The summed E-state index contributed by atoms with van der Waals surface area (Å²) in [5.74, 6) is -0.852. The first-order valence-corrected chi connectivity index (χ1v) is 8.09. The van der Waals surface area contributed by atoms with E-state index < -0.39 is 11.4 Å². The van der Waals surface area contributed by atoms with Gasteiger partial charge >= 0.3 is 12.0 Å². The monoisotopic (exact) mass is 330 g/mol. The molecule has 2 atom stereocenters. The highest BCUT2D eigenvalue weighted by Crippen LogP contribution is 2.32. The van der Waals surface area contributed by atoms with Crippen LogP contribution in [0.4, 0.5) is 4.79 Å². The van der Waals surface area contributed by atoms with Crippen LogP contribution in [-0.4, -0.2) is 35.1 Å². The molecule has 1 aromatic heterocycles. The Labute approximate surface area is 132 Å². The summed E-state index contributed by atoms with van der Waals surface area (Å²) >= 11 is 7.38. The molecule has 0 bridgehead atoms. The van der Waals surface area contributed by atoms with Crippen LogP contribution in [0.1, 0.15) is 37.6 Å². The fraction of sp³-hybridized carbons (Fsp3) is 0.571. The molecule has 0 aromatic carbocycles. The van der Waals surface area contributed by atoms with E-state index in [9.17, 15) is 14.7 Å². The van der Waals surface area contributed by atoms with Gasteiger partial charge in [-0.3, -0.25) is 4.79 Å². The van der Waals surface area contributed by atoms with Crippen molar-refractivity contribution < 1.29 is 14.7 Å². The average molecular weight is 331 g/mol. The number of amides is 2. The number of carboxylic acid groups (broad SMARTS) is 1. The van der Waals surface area contributed by atoms with E-state index in [4.69, 9.17) is 11.6 Å². The number of nitrogens with zero attached hydrogens (tertiary/aromatic N) is 1. The van der Waals surface area contributed by atoms with Gasteiger partial charge in [0.25, 0.3) is 0 Å². The molecule has 2 unspecified atom stereocenters. The lowest BCUT2D eigenvalue weighted by atomic mass is 9.90. The van der Waals surface area contributed by atoms with Gasteiger partial charge in [-0.1, -0.05) is 18.5 Å². The molecule has 1 aliphatic rings. The minimum absolute atomic E-state index is 0.0910. The molecule has 2 amide bonds. The molecule has 0 aliphatic carbocycles. The van der Waals surface area contributed by atoms with E-state index in [0.717, 1.165) is 11.3 Å². The van der Waals surface area contributed by atoms with Gasteiger partial charge in [-0.25, -0.2) is 4.79 Å². The molecule has 0 spiro atoms. The summed E-state index contributed by atoms with van der Waals surface area (Å²) in [4.78, 5) is 26.1. The Bertz CT molecular complexity index is 548. The van der Waals surface area contributed by atoms with E-state index in [2.05, 4.69) is 5.32 Å². The van der Waals surface area contributed by atoms with E-state index in [-0.39, 0.29) is 18.6 Å². The molecular weight excluding hydrogens is 312 g/mol. The van der Waals surface area contributed by atoms with Crippen molar-refractivity contribution in [3.63, 3.8) is 0 Å². The third-order valence-electron chi connectivity index (χ3n) is 3.92. The number of carboxylic acids is 1. The SMILES string of the molecule is CCC(NC(=O)N1CCC(C)(C(=O)O)C1)c1ccc(Cl)s1. The molecule has 1 aliphatic heterocycles.